The number of hydrogen-bond acceptors (Lipinski definition) is 7. The predicted molar refractivity (Wildman–Crippen MR) is 111 cm³/mol. The molecule has 3 heterocycles. The van der Waals surface area contributed by atoms with Gasteiger partial charge in [-0.2, -0.15) is 4.31 Å². The highest BCUT2D eigenvalue weighted by molar-refractivity contribution is 7.89. The van der Waals surface area contributed by atoms with Gasteiger partial charge >= 0.3 is 6.03 Å². The van der Waals surface area contributed by atoms with E-state index < -0.39 is 10.0 Å². The largest absolute Gasteiger partial charge is 0.379 e. The number of thiazole rings is 1. The number of anilines is 2. The number of urea groups is 1. The first-order valence-corrected chi connectivity index (χ1v) is 11.7. The Hall–Kier alpha value is -2.21. The van der Waals surface area contributed by atoms with Crippen molar-refractivity contribution in [2.45, 2.75) is 4.90 Å². The molecule has 0 aliphatic carbocycles. The molecular formula is C18H23N5O4S2. The molecule has 11 heteroatoms. The normalized spacial score (nSPS) is 18.6. The van der Waals surface area contributed by atoms with Crippen molar-refractivity contribution in [1.29, 1.82) is 0 Å². The Balaban J connectivity index is 1.38. The fraction of sp³-hybridized carbons (Fsp3) is 0.444. The van der Waals surface area contributed by atoms with Crippen molar-refractivity contribution in [2.24, 2.45) is 0 Å². The van der Waals surface area contributed by atoms with Crippen LogP contribution in [0, 0.1) is 0 Å². The fourth-order valence-electron chi connectivity index (χ4n) is 3.35. The van der Waals surface area contributed by atoms with Crippen LogP contribution in [0.3, 0.4) is 0 Å². The molecule has 4 rings (SSSR count). The van der Waals surface area contributed by atoms with Gasteiger partial charge in [0.2, 0.25) is 10.0 Å². The Morgan fingerprint density at radius 2 is 1.86 bits per heavy atom. The third kappa shape index (κ3) is 4.53. The third-order valence-electron chi connectivity index (χ3n) is 4.95. The molecule has 0 radical (unpaired) electrons. The second-order valence-corrected chi connectivity index (χ2v) is 9.57. The highest BCUT2D eigenvalue weighted by Crippen LogP contribution is 2.22. The number of ether oxygens (including phenoxy) is 1. The number of nitrogens with one attached hydrogen (secondary N) is 1. The molecule has 2 aliphatic heterocycles. The Labute approximate surface area is 173 Å². The van der Waals surface area contributed by atoms with E-state index in [9.17, 15) is 13.2 Å². The van der Waals surface area contributed by atoms with Gasteiger partial charge in [-0.1, -0.05) is 6.07 Å². The molecule has 2 aliphatic rings. The van der Waals surface area contributed by atoms with Crippen LogP contribution in [-0.4, -0.2) is 81.1 Å². The molecule has 0 saturated carbocycles. The minimum Gasteiger partial charge on any atom is -0.379 e. The van der Waals surface area contributed by atoms with Gasteiger partial charge in [0.05, 0.1) is 18.1 Å². The van der Waals surface area contributed by atoms with E-state index in [-0.39, 0.29) is 10.9 Å². The van der Waals surface area contributed by atoms with Crippen molar-refractivity contribution in [2.75, 3.05) is 62.7 Å². The lowest BCUT2D eigenvalue weighted by Gasteiger charge is -2.34. The van der Waals surface area contributed by atoms with Crippen LogP contribution in [0.1, 0.15) is 0 Å². The fourth-order valence-corrected chi connectivity index (χ4v) is 5.50. The Morgan fingerprint density at radius 3 is 2.55 bits per heavy atom. The molecule has 156 valence electrons. The monoisotopic (exact) mass is 437 g/mol. The Bertz CT molecular complexity index is 937. The number of rotatable bonds is 4. The second-order valence-electron chi connectivity index (χ2n) is 6.76. The minimum atomic E-state index is -3.60. The average Bonchev–Trinajstić information content (AvgIpc) is 3.30. The van der Waals surface area contributed by atoms with E-state index in [1.54, 1.807) is 40.6 Å². The lowest BCUT2D eigenvalue weighted by molar-refractivity contribution is 0.0730. The van der Waals surface area contributed by atoms with E-state index in [2.05, 4.69) is 15.2 Å². The van der Waals surface area contributed by atoms with Crippen molar-refractivity contribution in [3.05, 3.63) is 35.8 Å². The minimum absolute atomic E-state index is 0.172. The zero-order chi connectivity index (χ0) is 20.3. The smallest absolute Gasteiger partial charge is 0.321 e. The summed E-state index contributed by atoms with van der Waals surface area (Å²) < 4.78 is 32.3. The van der Waals surface area contributed by atoms with Gasteiger partial charge in [0.25, 0.3) is 0 Å². The molecule has 1 aromatic heterocycles. The highest BCUT2D eigenvalue weighted by Gasteiger charge is 2.27. The lowest BCUT2D eigenvalue weighted by Crippen LogP contribution is -2.50. The van der Waals surface area contributed by atoms with E-state index in [1.165, 1.54) is 10.4 Å². The number of sulfonamides is 1. The summed E-state index contributed by atoms with van der Waals surface area (Å²) in [6.45, 7) is 4.04. The van der Waals surface area contributed by atoms with Crippen LogP contribution in [0.4, 0.5) is 15.6 Å². The number of nitrogens with zero attached hydrogens (tertiary/aromatic N) is 4. The molecule has 1 aromatic carbocycles. The Morgan fingerprint density at radius 1 is 1.10 bits per heavy atom. The number of carbonyl (C=O) groups excluding carboxylic acids is 1. The van der Waals surface area contributed by atoms with Crippen LogP contribution in [-0.2, 0) is 14.8 Å². The predicted octanol–water partition coefficient (Wildman–Crippen LogP) is 1.52. The van der Waals surface area contributed by atoms with Gasteiger partial charge in [0, 0.05) is 56.5 Å². The van der Waals surface area contributed by atoms with Crippen LogP contribution in [0.15, 0.2) is 40.7 Å². The van der Waals surface area contributed by atoms with E-state index in [0.717, 1.165) is 5.13 Å². The molecule has 29 heavy (non-hydrogen) atoms. The highest BCUT2D eigenvalue weighted by atomic mass is 32.2. The summed E-state index contributed by atoms with van der Waals surface area (Å²) >= 11 is 1.58. The quantitative estimate of drug-likeness (QED) is 0.779. The van der Waals surface area contributed by atoms with Crippen LogP contribution in [0.25, 0.3) is 0 Å². The first-order valence-electron chi connectivity index (χ1n) is 9.42. The maximum absolute atomic E-state index is 12.8. The molecule has 0 unspecified atom stereocenters. The zero-order valence-corrected chi connectivity index (χ0v) is 17.5. The van der Waals surface area contributed by atoms with E-state index in [1.807, 2.05) is 5.38 Å². The molecule has 0 atom stereocenters. The molecule has 2 fully saturated rings. The zero-order valence-electron chi connectivity index (χ0n) is 15.9. The van der Waals surface area contributed by atoms with E-state index in [0.29, 0.717) is 58.2 Å². The number of benzene rings is 1. The van der Waals surface area contributed by atoms with Gasteiger partial charge in [-0.25, -0.2) is 18.2 Å². The first kappa shape index (κ1) is 20.1. The SMILES string of the molecule is O=C(Nc1cccc(S(=O)(=O)N2CCOCC2)c1)N1CCN(c2nccs2)CC1. The van der Waals surface area contributed by atoms with Crippen LogP contribution in [0.5, 0.6) is 0 Å². The Kier molecular flexibility index (Phi) is 5.99. The van der Waals surface area contributed by atoms with Gasteiger partial charge in [-0.15, -0.1) is 11.3 Å². The second kappa shape index (κ2) is 8.66. The molecule has 2 aromatic rings. The third-order valence-corrected chi connectivity index (χ3v) is 7.68. The number of hydrogen-bond donors (Lipinski definition) is 1. The van der Waals surface area contributed by atoms with Gasteiger partial charge in [-0.05, 0) is 18.2 Å². The molecule has 1 N–H and O–H groups in total. The summed E-state index contributed by atoms with van der Waals surface area (Å²) in [6, 6.07) is 6.16. The molecule has 9 nitrogen and oxygen atoms in total. The number of aromatic nitrogens is 1. The number of morpholine rings is 1. The summed E-state index contributed by atoms with van der Waals surface area (Å²) in [6.07, 6.45) is 1.77. The number of carbonyl (C=O) groups is 1. The maximum Gasteiger partial charge on any atom is 0.321 e. The average molecular weight is 438 g/mol. The van der Waals surface area contributed by atoms with Gasteiger partial charge in [0.1, 0.15) is 0 Å². The van der Waals surface area contributed by atoms with Crippen LogP contribution in [0.2, 0.25) is 0 Å². The van der Waals surface area contributed by atoms with Crippen molar-refractivity contribution in [3.8, 4) is 0 Å². The molecule has 0 bridgehead atoms. The maximum atomic E-state index is 12.8. The van der Waals surface area contributed by atoms with Crippen molar-refractivity contribution in [3.63, 3.8) is 0 Å². The van der Waals surface area contributed by atoms with Crippen molar-refractivity contribution < 1.29 is 17.9 Å². The summed E-state index contributed by atoms with van der Waals surface area (Å²) in [5.74, 6) is 0. The summed E-state index contributed by atoms with van der Waals surface area (Å²) in [4.78, 5) is 21.0. The lowest BCUT2D eigenvalue weighted by atomic mass is 10.3. The number of amides is 2. The first-order chi connectivity index (χ1) is 14.0. The van der Waals surface area contributed by atoms with E-state index >= 15 is 0 Å². The topological polar surface area (TPSA) is 95.1 Å². The van der Waals surface area contributed by atoms with Gasteiger partial charge in [-0.3, -0.25) is 0 Å². The molecular weight excluding hydrogens is 414 g/mol. The summed E-state index contributed by atoms with van der Waals surface area (Å²) in [7, 11) is -3.60. The standard InChI is InChI=1S/C18H23N5O4S2/c24-17(21-5-7-22(8-6-21)18-19-4-13-28-18)20-15-2-1-3-16(14-15)29(25,26)23-9-11-27-12-10-23/h1-4,13-14H,5-12H2,(H,20,24). The molecule has 0 spiro atoms. The van der Waals surface area contributed by atoms with E-state index in [4.69, 9.17) is 4.74 Å². The van der Waals surface area contributed by atoms with Crippen LogP contribution >= 0.6 is 11.3 Å². The van der Waals surface area contributed by atoms with Gasteiger partial charge in [0.15, 0.2) is 5.13 Å². The van der Waals surface area contributed by atoms with Crippen molar-refractivity contribution in [1.82, 2.24) is 14.2 Å². The van der Waals surface area contributed by atoms with Crippen LogP contribution < -0.4 is 10.2 Å². The van der Waals surface area contributed by atoms with Gasteiger partial charge < -0.3 is 19.9 Å². The summed E-state index contributed by atoms with van der Waals surface area (Å²) in [5, 5.41) is 5.73. The number of piperazine rings is 1. The van der Waals surface area contributed by atoms with Crippen molar-refractivity contribution >= 4 is 38.2 Å². The molecule has 2 amide bonds. The summed E-state index contributed by atoms with van der Waals surface area (Å²) in [5.41, 5.74) is 0.465. The molecule has 2 saturated heterocycles.